The van der Waals surface area contributed by atoms with Gasteiger partial charge in [0.15, 0.2) is 0 Å². The number of halogens is 1. The molecule has 0 bridgehead atoms. The van der Waals surface area contributed by atoms with Crippen molar-refractivity contribution < 1.29 is 0 Å². The quantitative estimate of drug-likeness (QED) is 0.752. The zero-order chi connectivity index (χ0) is 8.97. The first kappa shape index (κ1) is 9.06. The highest BCUT2D eigenvalue weighted by atomic mass is 35.5. The van der Waals surface area contributed by atoms with Crippen LogP contribution < -0.4 is 11.1 Å². The molecule has 1 heterocycles. The third-order valence-corrected chi connectivity index (χ3v) is 1.73. The number of hydrogen-bond acceptors (Lipinski definition) is 4. The fourth-order valence-electron chi connectivity index (χ4n) is 0.750. The average molecular weight is 187 g/mol. The Bertz CT molecular complexity index is 264. The summed E-state index contributed by atoms with van der Waals surface area (Å²) in [5.41, 5.74) is 5.47. The van der Waals surface area contributed by atoms with E-state index in [1.807, 2.05) is 0 Å². The molecule has 0 saturated heterocycles. The molecule has 1 aromatic rings. The van der Waals surface area contributed by atoms with Gasteiger partial charge in [-0.3, -0.25) is 0 Å². The Kier molecular flexibility index (Phi) is 3.10. The van der Waals surface area contributed by atoms with E-state index in [9.17, 15) is 0 Å². The fourth-order valence-corrected chi connectivity index (χ4v) is 0.915. The van der Waals surface area contributed by atoms with Crippen LogP contribution in [0.3, 0.4) is 0 Å². The van der Waals surface area contributed by atoms with Crippen molar-refractivity contribution in [3.8, 4) is 0 Å². The summed E-state index contributed by atoms with van der Waals surface area (Å²) in [6, 6.07) is 0. The molecule has 0 spiro atoms. The third-order valence-electron chi connectivity index (χ3n) is 1.36. The standard InChI is InChI=1S/C7H11ClN4/c1-2-3-10-7-5(8)6(9)11-4-12-7/h4H,2-3H2,1H3,(H3,9,10,11,12). The number of nitrogens with one attached hydrogen (secondary N) is 1. The van der Waals surface area contributed by atoms with Gasteiger partial charge in [0, 0.05) is 6.54 Å². The van der Waals surface area contributed by atoms with Gasteiger partial charge >= 0.3 is 0 Å². The normalized spacial score (nSPS) is 9.83. The highest BCUT2D eigenvalue weighted by Gasteiger charge is 2.03. The third kappa shape index (κ3) is 1.98. The number of aromatic nitrogens is 2. The molecule has 1 aromatic heterocycles. The molecule has 0 aromatic carbocycles. The second-order valence-corrected chi connectivity index (χ2v) is 2.73. The molecular weight excluding hydrogens is 176 g/mol. The summed E-state index contributed by atoms with van der Waals surface area (Å²) >= 11 is 5.82. The molecule has 66 valence electrons. The molecule has 0 aliphatic carbocycles. The molecule has 0 aliphatic heterocycles. The lowest BCUT2D eigenvalue weighted by Gasteiger charge is -2.05. The van der Waals surface area contributed by atoms with Crippen molar-refractivity contribution in [1.82, 2.24) is 9.97 Å². The zero-order valence-corrected chi connectivity index (χ0v) is 7.60. The Labute approximate surface area is 76.2 Å². The second kappa shape index (κ2) is 4.11. The van der Waals surface area contributed by atoms with E-state index >= 15 is 0 Å². The summed E-state index contributed by atoms with van der Waals surface area (Å²) in [6.45, 7) is 2.89. The van der Waals surface area contributed by atoms with E-state index < -0.39 is 0 Å². The van der Waals surface area contributed by atoms with Crippen molar-refractivity contribution in [1.29, 1.82) is 0 Å². The Morgan fingerprint density at radius 1 is 1.58 bits per heavy atom. The van der Waals surface area contributed by atoms with E-state index in [0.717, 1.165) is 13.0 Å². The first-order chi connectivity index (χ1) is 5.75. The lowest BCUT2D eigenvalue weighted by atomic mass is 10.4. The molecular formula is C7H11ClN4. The van der Waals surface area contributed by atoms with Crippen LogP contribution in [0.2, 0.25) is 5.02 Å². The van der Waals surface area contributed by atoms with Crippen LogP contribution in [0, 0.1) is 0 Å². The van der Waals surface area contributed by atoms with Crippen molar-refractivity contribution in [2.45, 2.75) is 13.3 Å². The molecule has 0 atom stereocenters. The number of nitrogen functional groups attached to an aromatic ring is 1. The van der Waals surface area contributed by atoms with Crippen molar-refractivity contribution in [2.24, 2.45) is 0 Å². The number of anilines is 2. The molecule has 1 rings (SSSR count). The first-order valence-corrected chi connectivity index (χ1v) is 4.13. The van der Waals surface area contributed by atoms with E-state index in [1.165, 1.54) is 6.33 Å². The Morgan fingerprint density at radius 3 is 3.00 bits per heavy atom. The van der Waals surface area contributed by atoms with Crippen LogP contribution in [-0.4, -0.2) is 16.5 Å². The highest BCUT2D eigenvalue weighted by molar-refractivity contribution is 6.35. The molecule has 0 unspecified atom stereocenters. The van der Waals surface area contributed by atoms with Crippen LogP contribution in [-0.2, 0) is 0 Å². The smallest absolute Gasteiger partial charge is 0.150 e. The predicted octanol–water partition coefficient (Wildman–Crippen LogP) is 1.53. The predicted molar refractivity (Wildman–Crippen MR) is 50.2 cm³/mol. The Hall–Kier alpha value is -1.03. The SMILES string of the molecule is CCCNc1ncnc(N)c1Cl. The van der Waals surface area contributed by atoms with Crippen molar-refractivity contribution in [2.75, 3.05) is 17.6 Å². The Balaban J connectivity index is 2.78. The van der Waals surface area contributed by atoms with Crippen LogP contribution in [0.4, 0.5) is 11.6 Å². The number of nitrogens with zero attached hydrogens (tertiary/aromatic N) is 2. The van der Waals surface area contributed by atoms with E-state index in [-0.39, 0.29) is 0 Å². The van der Waals surface area contributed by atoms with Gasteiger partial charge < -0.3 is 11.1 Å². The lowest BCUT2D eigenvalue weighted by molar-refractivity contribution is 0.965. The van der Waals surface area contributed by atoms with Gasteiger partial charge in [-0.25, -0.2) is 9.97 Å². The topological polar surface area (TPSA) is 63.8 Å². The highest BCUT2D eigenvalue weighted by Crippen LogP contribution is 2.22. The van der Waals surface area contributed by atoms with Crippen molar-refractivity contribution >= 4 is 23.2 Å². The number of rotatable bonds is 3. The lowest BCUT2D eigenvalue weighted by Crippen LogP contribution is -2.04. The van der Waals surface area contributed by atoms with Gasteiger partial charge in [-0.1, -0.05) is 18.5 Å². The molecule has 0 radical (unpaired) electrons. The van der Waals surface area contributed by atoms with Crippen LogP contribution in [0.5, 0.6) is 0 Å². The molecule has 0 amide bonds. The molecule has 0 fully saturated rings. The monoisotopic (exact) mass is 186 g/mol. The number of hydrogen-bond donors (Lipinski definition) is 2. The van der Waals surface area contributed by atoms with E-state index in [0.29, 0.717) is 16.7 Å². The van der Waals surface area contributed by atoms with Crippen LogP contribution in [0.15, 0.2) is 6.33 Å². The van der Waals surface area contributed by atoms with Gasteiger partial charge in [-0.15, -0.1) is 0 Å². The van der Waals surface area contributed by atoms with Crippen LogP contribution in [0.1, 0.15) is 13.3 Å². The average Bonchev–Trinajstić information content (AvgIpc) is 2.08. The zero-order valence-electron chi connectivity index (χ0n) is 6.84. The molecule has 0 saturated carbocycles. The minimum atomic E-state index is 0.310. The van der Waals surface area contributed by atoms with Gasteiger partial charge in [0.25, 0.3) is 0 Å². The largest absolute Gasteiger partial charge is 0.382 e. The van der Waals surface area contributed by atoms with Gasteiger partial charge in [0.1, 0.15) is 23.0 Å². The minimum absolute atomic E-state index is 0.310. The summed E-state index contributed by atoms with van der Waals surface area (Å²) in [5, 5.41) is 3.43. The van der Waals surface area contributed by atoms with Gasteiger partial charge in [-0.2, -0.15) is 0 Å². The van der Waals surface area contributed by atoms with Crippen LogP contribution in [0.25, 0.3) is 0 Å². The maximum Gasteiger partial charge on any atom is 0.150 e. The first-order valence-electron chi connectivity index (χ1n) is 3.75. The number of nitrogens with two attached hydrogens (primary N) is 1. The van der Waals surface area contributed by atoms with Crippen LogP contribution >= 0.6 is 11.6 Å². The molecule has 5 heteroatoms. The molecule has 4 nitrogen and oxygen atoms in total. The molecule has 3 N–H and O–H groups in total. The Morgan fingerprint density at radius 2 is 2.33 bits per heavy atom. The minimum Gasteiger partial charge on any atom is -0.382 e. The summed E-state index contributed by atoms with van der Waals surface area (Å²) < 4.78 is 0. The summed E-state index contributed by atoms with van der Waals surface area (Å²) in [4.78, 5) is 7.68. The second-order valence-electron chi connectivity index (χ2n) is 2.35. The summed E-state index contributed by atoms with van der Waals surface area (Å²) in [6.07, 6.45) is 2.40. The fraction of sp³-hybridized carbons (Fsp3) is 0.429. The van der Waals surface area contributed by atoms with Gasteiger partial charge in [-0.05, 0) is 6.42 Å². The van der Waals surface area contributed by atoms with E-state index in [1.54, 1.807) is 0 Å². The van der Waals surface area contributed by atoms with Crippen molar-refractivity contribution in [3.05, 3.63) is 11.3 Å². The maximum atomic E-state index is 5.82. The van der Waals surface area contributed by atoms with Gasteiger partial charge in [0.2, 0.25) is 0 Å². The van der Waals surface area contributed by atoms with E-state index in [2.05, 4.69) is 22.2 Å². The molecule has 12 heavy (non-hydrogen) atoms. The summed E-state index contributed by atoms with van der Waals surface area (Å²) in [7, 11) is 0. The summed E-state index contributed by atoms with van der Waals surface area (Å²) in [5.74, 6) is 0.913. The van der Waals surface area contributed by atoms with Crippen molar-refractivity contribution in [3.63, 3.8) is 0 Å². The van der Waals surface area contributed by atoms with E-state index in [4.69, 9.17) is 17.3 Å². The van der Waals surface area contributed by atoms with Gasteiger partial charge in [0.05, 0.1) is 0 Å². The maximum absolute atomic E-state index is 5.82. The molecule has 0 aliphatic rings.